The van der Waals surface area contributed by atoms with E-state index in [1.807, 2.05) is 37.3 Å². The Morgan fingerprint density at radius 3 is 2.90 bits per heavy atom. The normalized spacial score (nSPS) is 12.7. The molecule has 0 unspecified atom stereocenters. The summed E-state index contributed by atoms with van der Waals surface area (Å²) in [4.78, 5) is 13.7. The van der Waals surface area contributed by atoms with Gasteiger partial charge in [-0.05, 0) is 36.8 Å². The van der Waals surface area contributed by atoms with Crippen LogP contribution in [0.2, 0.25) is 0 Å². The number of fused-ring (bicyclic) bond motifs is 1. The maximum Gasteiger partial charge on any atom is 0.231 e. The van der Waals surface area contributed by atoms with E-state index in [-0.39, 0.29) is 19.2 Å². The molecule has 0 N–H and O–H groups in total. The number of hydrogen-bond acceptors (Lipinski definition) is 5. The third kappa shape index (κ3) is 2.84. The maximum absolute atomic E-state index is 11.9. The number of rotatable bonds is 5. The monoisotopic (exact) mass is 290 g/mol. The zero-order valence-electron chi connectivity index (χ0n) is 11.0. The van der Waals surface area contributed by atoms with Gasteiger partial charge in [0, 0.05) is 4.88 Å². The van der Waals surface area contributed by atoms with E-state index >= 15 is 0 Å². The lowest BCUT2D eigenvalue weighted by Gasteiger charge is -2.04. The Hall–Kier alpha value is -1.85. The smallest absolute Gasteiger partial charge is 0.231 e. The van der Waals surface area contributed by atoms with E-state index in [0.29, 0.717) is 6.61 Å². The highest BCUT2D eigenvalue weighted by atomic mass is 32.1. The highest BCUT2D eigenvalue weighted by Crippen LogP contribution is 2.32. The molecule has 2 heterocycles. The number of benzene rings is 1. The van der Waals surface area contributed by atoms with Crippen LogP contribution in [-0.4, -0.2) is 19.2 Å². The Balaban J connectivity index is 1.54. The summed E-state index contributed by atoms with van der Waals surface area (Å²) in [6.07, 6.45) is 0. The van der Waals surface area contributed by atoms with Gasteiger partial charge in [-0.3, -0.25) is 4.79 Å². The third-order valence-electron chi connectivity index (χ3n) is 2.95. The highest BCUT2D eigenvalue weighted by molar-refractivity contribution is 7.14. The Morgan fingerprint density at radius 2 is 2.10 bits per heavy atom. The summed E-state index contributed by atoms with van der Waals surface area (Å²) in [5, 5.41) is 0. The summed E-state index contributed by atoms with van der Waals surface area (Å²) in [6, 6.07) is 9.42. The summed E-state index contributed by atoms with van der Waals surface area (Å²) < 4.78 is 16.0. The number of ketones is 1. The molecule has 0 aliphatic carbocycles. The van der Waals surface area contributed by atoms with Gasteiger partial charge < -0.3 is 14.2 Å². The zero-order valence-corrected chi connectivity index (χ0v) is 11.9. The fraction of sp³-hybridized carbons (Fsp3) is 0.267. The average Bonchev–Trinajstić information content (AvgIpc) is 3.06. The second-order valence-corrected chi connectivity index (χ2v) is 5.80. The molecule has 0 atom stereocenters. The van der Waals surface area contributed by atoms with Gasteiger partial charge in [0.25, 0.3) is 0 Å². The maximum atomic E-state index is 11.9. The SMILES string of the molecule is Cc1ccc(C(=O)COCc2ccc3c(c2)OCO3)s1. The van der Waals surface area contributed by atoms with E-state index < -0.39 is 0 Å². The Kier molecular flexibility index (Phi) is 3.71. The van der Waals surface area contributed by atoms with Crippen molar-refractivity contribution in [2.75, 3.05) is 13.4 Å². The van der Waals surface area contributed by atoms with Gasteiger partial charge in [0.15, 0.2) is 17.3 Å². The molecule has 5 heteroatoms. The van der Waals surface area contributed by atoms with Crippen molar-refractivity contribution >= 4 is 17.1 Å². The summed E-state index contributed by atoms with van der Waals surface area (Å²) in [7, 11) is 0. The third-order valence-corrected chi connectivity index (χ3v) is 4.00. The molecule has 0 amide bonds. The van der Waals surface area contributed by atoms with Crippen molar-refractivity contribution in [2.24, 2.45) is 0 Å². The minimum absolute atomic E-state index is 0.0174. The first-order valence-corrected chi connectivity index (χ1v) is 7.10. The molecular formula is C15H14O4S. The van der Waals surface area contributed by atoms with E-state index in [9.17, 15) is 4.79 Å². The first-order valence-electron chi connectivity index (χ1n) is 6.28. The predicted octanol–water partition coefficient (Wildman–Crippen LogP) is 3.18. The summed E-state index contributed by atoms with van der Waals surface area (Å²) >= 11 is 1.49. The van der Waals surface area contributed by atoms with Crippen LogP contribution in [0, 0.1) is 6.92 Å². The van der Waals surface area contributed by atoms with E-state index in [1.165, 1.54) is 11.3 Å². The van der Waals surface area contributed by atoms with Crippen LogP contribution in [-0.2, 0) is 11.3 Å². The fourth-order valence-corrected chi connectivity index (χ4v) is 2.74. The first-order chi connectivity index (χ1) is 9.72. The summed E-state index contributed by atoms with van der Waals surface area (Å²) in [5.41, 5.74) is 0.962. The molecule has 0 spiro atoms. The van der Waals surface area contributed by atoms with Crippen molar-refractivity contribution in [3.8, 4) is 11.5 Å². The Labute approximate surface area is 120 Å². The molecule has 1 aliphatic rings. The van der Waals surface area contributed by atoms with E-state index in [0.717, 1.165) is 26.8 Å². The lowest BCUT2D eigenvalue weighted by Crippen LogP contribution is -2.07. The van der Waals surface area contributed by atoms with Gasteiger partial charge in [-0.25, -0.2) is 0 Å². The van der Waals surface area contributed by atoms with Gasteiger partial charge in [0.1, 0.15) is 6.61 Å². The molecule has 0 bridgehead atoms. The second-order valence-electron chi connectivity index (χ2n) is 4.51. The molecule has 1 aromatic heterocycles. The van der Waals surface area contributed by atoms with Crippen molar-refractivity contribution < 1.29 is 19.0 Å². The molecule has 0 saturated heterocycles. The summed E-state index contributed by atoms with van der Waals surface area (Å²) in [6.45, 7) is 2.71. The van der Waals surface area contributed by atoms with Crippen LogP contribution in [0.15, 0.2) is 30.3 Å². The van der Waals surface area contributed by atoms with Gasteiger partial charge in [-0.15, -0.1) is 11.3 Å². The van der Waals surface area contributed by atoms with Gasteiger partial charge in [0.2, 0.25) is 6.79 Å². The van der Waals surface area contributed by atoms with Gasteiger partial charge in [-0.1, -0.05) is 6.07 Å². The molecule has 1 aliphatic heterocycles. The largest absolute Gasteiger partial charge is 0.454 e. The van der Waals surface area contributed by atoms with Crippen LogP contribution in [0.25, 0.3) is 0 Å². The lowest BCUT2D eigenvalue weighted by atomic mass is 10.2. The second kappa shape index (κ2) is 5.64. The molecular weight excluding hydrogens is 276 g/mol. The van der Waals surface area contributed by atoms with Gasteiger partial charge in [0.05, 0.1) is 11.5 Å². The van der Waals surface area contributed by atoms with Crippen molar-refractivity contribution in [1.29, 1.82) is 0 Å². The number of hydrogen-bond donors (Lipinski definition) is 0. The van der Waals surface area contributed by atoms with Crippen LogP contribution in [0.4, 0.5) is 0 Å². The number of carbonyl (C=O) groups excluding carboxylic acids is 1. The van der Waals surface area contributed by atoms with Crippen LogP contribution in [0.3, 0.4) is 0 Å². The molecule has 4 nitrogen and oxygen atoms in total. The van der Waals surface area contributed by atoms with Crippen LogP contribution in [0.5, 0.6) is 11.5 Å². The molecule has 0 saturated carbocycles. The van der Waals surface area contributed by atoms with Gasteiger partial charge in [-0.2, -0.15) is 0 Å². The molecule has 0 radical (unpaired) electrons. The minimum atomic E-state index is 0.0174. The van der Waals surface area contributed by atoms with E-state index in [1.54, 1.807) is 0 Å². The lowest BCUT2D eigenvalue weighted by molar-refractivity contribution is 0.0730. The fourth-order valence-electron chi connectivity index (χ4n) is 1.95. The number of aryl methyl sites for hydroxylation is 1. The zero-order chi connectivity index (χ0) is 13.9. The number of carbonyl (C=O) groups is 1. The van der Waals surface area contributed by atoms with Crippen molar-refractivity contribution in [2.45, 2.75) is 13.5 Å². The van der Waals surface area contributed by atoms with Crippen molar-refractivity contribution in [3.05, 3.63) is 45.6 Å². The number of Topliss-reactive ketones (excluding diaryl/α,β-unsaturated/α-hetero) is 1. The van der Waals surface area contributed by atoms with Crippen LogP contribution < -0.4 is 9.47 Å². The standard InChI is InChI=1S/C15H14O4S/c1-10-2-5-15(20-10)12(16)8-17-7-11-3-4-13-14(6-11)19-9-18-13/h2-6H,7-9H2,1H3. The number of ether oxygens (including phenoxy) is 3. The highest BCUT2D eigenvalue weighted by Gasteiger charge is 2.13. The molecule has 3 rings (SSSR count). The van der Waals surface area contributed by atoms with Crippen molar-refractivity contribution in [3.63, 3.8) is 0 Å². The minimum Gasteiger partial charge on any atom is -0.454 e. The molecule has 2 aromatic rings. The average molecular weight is 290 g/mol. The first kappa shape index (κ1) is 13.1. The topological polar surface area (TPSA) is 44.8 Å². The Morgan fingerprint density at radius 1 is 1.25 bits per heavy atom. The quantitative estimate of drug-likeness (QED) is 0.793. The van der Waals surface area contributed by atoms with Crippen LogP contribution >= 0.6 is 11.3 Å². The number of thiophene rings is 1. The predicted molar refractivity (Wildman–Crippen MR) is 75.6 cm³/mol. The van der Waals surface area contributed by atoms with Crippen LogP contribution in [0.1, 0.15) is 20.1 Å². The molecule has 104 valence electrons. The van der Waals surface area contributed by atoms with Crippen molar-refractivity contribution in [1.82, 2.24) is 0 Å². The Bertz CT molecular complexity index is 633. The molecule has 1 aromatic carbocycles. The van der Waals surface area contributed by atoms with E-state index in [4.69, 9.17) is 14.2 Å². The molecule has 20 heavy (non-hydrogen) atoms. The molecule has 0 fully saturated rings. The van der Waals surface area contributed by atoms with Gasteiger partial charge >= 0.3 is 0 Å². The summed E-state index contributed by atoms with van der Waals surface area (Å²) in [5.74, 6) is 1.49. The van der Waals surface area contributed by atoms with E-state index in [2.05, 4.69) is 0 Å².